The Hall–Kier alpha value is -0.980. The zero-order valence-electron chi connectivity index (χ0n) is 11.5. The highest BCUT2D eigenvalue weighted by Gasteiger charge is 2.41. The summed E-state index contributed by atoms with van der Waals surface area (Å²) in [5.74, 6) is 0. The average Bonchev–Trinajstić information content (AvgIpc) is 3.06. The van der Waals surface area contributed by atoms with E-state index in [0.29, 0.717) is 6.04 Å². The average molecular weight is 266 g/mol. The lowest BCUT2D eigenvalue weighted by molar-refractivity contribution is -0.0964. The van der Waals surface area contributed by atoms with Crippen molar-refractivity contribution in [1.82, 2.24) is 20.3 Å². The molecule has 2 saturated heterocycles. The van der Waals surface area contributed by atoms with Gasteiger partial charge in [0.1, 0.15) is 0 Å². The Balaban J connectivity index is 1.66. The molecule has 6 nitrogen and oxygen atoms in total. The molecule has 1 N–H and O–H groups in total. The van der Waals surface area contributed by atoms with Gasteiger partial charge in [-0.3, -0.25) is 0 Å². The summed E-state index contributed by atoms with van der Waals surface area (Å²) in [5, 5.41) is 11.8. The first kappa shape index (κ1) is 13.0. The second-order valence-corrected chi connectivity index (χ2v) is 5.45. The Kier molecular flexibility index (Phi) is 3.81. The molecule has 1 spiro atoms. The topological polar surface area (TPSA) is 61.2 Å². The van der Waals surface area contributed by atoms with E-state index >= 15 is 0 Å². The molecule has 2 fully saturated rings. The molecule has 0 saturated carbocycles. The number of hydrogen-bond acceptors (Lipinski definition) is 5. The lowest BCUT2D eigenvalue weighted by atomic mass is 9.90. The van der Waals surface area contributed by atoms with Gasteiger partial charge in [0.25, 0.3) is 0 Å². The molecule has 2 atom stereocenters. The normalized spacial score (nSPS) is 31.1. The van der Waals surface area contributed by atoms with Gasteiger partial charge in [0, 0.05) is 32.6 Å². The van der Waals surface area contributed by atoms with Crippen LogP contribution in [0.2, 0.25) is 0 Å². The Morgan fingerprint density at radius 3 is 3.26 bits per heavy atom. The molecule has 1 aromatic heterocycles. The first-order chi connectivity index (χ1) is 9.31. The fourth-order valence-electron chi connectivity index (χ4n) is 2.92. The highest BCUT2D eigenvalue weighted by atomic mass is 16.6. The van der Waals surface area contributed by atoms with Gasteiger partial charge in [-0.1, -0.05) is 12.1 Å². The third-order valence-electron chi connectivity index (χ3n) is 4.02. The van der Waals surface area contributed by atoms with Crippen molar-refractivity contribution in [1.29, 1.82) is 0 Å². The second kappa shape index (κ2) is 5.56. The summed E-state index contributed by atoms with van der Waals surface area (Å²) in [7, 11) is 0. The van der Waals surface area contributed by atoms with Crippen LogP contribution in [0, 0.1) is 0 Å². The maximum Gasteiger partial charge on any atom is 0.0964 e. The van der Waals surface area contributed by atoms with Gasteiger partial charge in [0.05, 0.1) is 30.1 Å². The van der Waals surface area contributed by atoms with Crippen molar-refractivity contribution in [3.05, 3.63) is 11.9 Å². The summed E-state index contributed by atoms with van der Waals surface area (Å²) in [5.41, 5.74) is 0.932. The molecular weight excluding hydrogens is 244 g/mol. The molecule has 2 aliphatic heterocycles. The maximum absolute atomic E-state index is 5.95. The molecule has 3 rings (SSSR count). The number of hydrogen-bond donors (Lipinski definition) is 1. The third-order valence-corrected chi connectivity index (χ3v) is 4.02. The van der Waals surface area contributed by atoms with Crippen molar-refractivity contribution >= 4 is 0 Å². The molecule has 106 valence electrons. The van der Waals surface area contributed by atoms with E-state index in [9.17, 15) is 0 Å². The highest BCUT2D eigenvalue weighted by Crippen LogP contribution is 2.37. The molecule has 19 heavy (non-hydrogen) atoms. The fourth-order valence-corrected chi connectivity index (χ4v) is 2.92. The van der Waals surface area contributed by atoms with Crippen LogP contribution in [-0.2, 0) is 16.0 Å². The molecule has 2 aliphatic rings. The molecule has 0 radical (unpaired) electrons. The van der Waals surface area contributed by atoms with Gasteiger partial charge in [-0.05, 0) is 13.0 Å². The summed E-state index contributed by atoms with van der Waals surface area (Å²) in [6, 6.07) is 0.387. The predicted octanol–water partition coefficient (Wildman–Crippen LogP) is 0.898. The van der Waals surface area contributed by atoms with Gasteiger partial charge in [-0.15, -0.1) is 5.10 Å². The molecule has 6 heteroatoms. The number of nitrogens with one attached hydrogen (secondary N) is 1. The lowest BCUT2D eigenvalue weighted by Gasteiger charge is -2.36. The summed E-state index contributed by atoms with van der Waals surface area (Å²) in [6.45, 7) is 6.15. The SMILES string of the molecule is CCNCc1cn(C2CCOC3(CCOC3)C2)nn1. The summed E-state index contributed by atoms with van der Waals surface area (Å²) < 4.78 is 13.5. The van der Waals surface area contributed by atoms with E-state index in [-0.39, 0.29) is 5.60 Å². The van der Waals surface area contributed by atoms with E-state index in [0.717, 1.165) is 57.9 Å². The van der Waals surface area contributed by atoms with Crippen molar-refractivity contribution in [2.45, 2.75) is 44.4 Å². The van der Waals surface area contributed by atoms with Crippen molar-refractivity contribution in [3.8, 4) is 0 Å². The van der Waals surface area contributed by atoms with Gasteiger partial charge in [0.2, 0.25) is 0 Å². The van der Waals surface area contributed by atoms with Crippen LogP contribution < -0.4 is 5.32 Å². The second-order valence-electron chi connectivity index (χ2n) is 5.45. The molecule has 3 heterocycles. The van der Waals surface area contributed by atoms with Gasteiger partial charge < -0.3 is 14.8 Å². The van der Waals surface area contributed by atoms with E-state index in [1.165, 1.54) is 0 Å². The molecule has 1 aromatic rings. The summed E-state index contributed by atoms with van der Waals surface area (Å²) in [4.78, 5) is 0. The number of nitrogens with zero attached hydrogens (tertiary/aromatic N) is 3. The lowest BCUT2D eigenvalue weighted by Crippen LogP contribution is -2.41. The van der Waals surface area contributed by atoms with E-state index in [4.69, 9.17) is 9.47 Å². The molecule has 2 unspecified atom stereocenters. The molecule has 0 bridgehead atoms. The maximum atomic E-state index is 5.95. The van der Waals surface area contributed by atoms with Gasteiger partial charge in [-0.25, -0.2) is 4.68 Å². The van der Waals surface area contributed by atoms with Crippen molar-refractivity contribution < 1.29 is 9.47 Å². The minimum atomic E-state index is -0.0727. The smallest absolute Gasteiger partial charge is 0.0964 e. The van der Waals surface area contributed by atoms with Crippen LogP contribution in [0.3, 0.4) is 0 Å². The van der Waals surface area contributed by atoms with Crippen LogP contribution in [0.25, 0.3) is 0 Å². The van der Waals surface area contributed by atoms with Gasteiger partial charge >= 0.3 is 0 Å². The number of rotatable bonds is 4. The molecule has 0 amide bonds. The predicted molar refractivity (Wildman–Crippen MR) is 69.8 cm³/mol. The largest absolute Gasteiger partial charge is 0.378 e. The van der Waals surface area contributed by atoms with Crippen LogP contribution in [0.15, 0.2) is 6.20 Å². The Labute approximate surface area is 113 Å². The Bertz CT molecular complexity index is 415. The van der Waals surface area contributed by atoms with Gasteiger partial charge in [0.15, 0.2) is 0 Å². The van der Waals surface area contributed by atoms with E-state index in [1.54, 1.807) is 0 Å². The molecule has 0 aromatic carbocycles. The van der Waals surface area contributed by atoms with Crippen molar-refractivity contribution in [2.24, 2.45) is 0 Å². The van der Waals surface area contributed by atoms with Crippen LogP contribution >= 0.6 is 0 Å². The molecular formula is C13H22N4O2. The standard InChI is InChI=1S/C13H22N4O2/c1-2-14-8-11-9-17(16-15-11)12-3-5-19-13(7-12)4-6-18-10-13/h9,12,14H,2-8,10H2,1H3. The number of aromatic nitrogens is 3. The monoisotopic (exact) mass is 266 g/mol. The Morgan fingerprint density at radius 1 is 1.53 bits per heavy atom. The van der Waals surface area contributed by atoms with E-state index < -0.39 is 0 Å². The quantitative estimate of drug-likeness (QED) is 0.877. The summed E-state index contributed by atoms with van der Waals surface area (Å²) in [6.07, 6.45) is 5.05. The van der Waals surface area contributed by atoms with Crippen LogP contribution in [0.4, 0.5) is 0 Å². The molecule has 0 aliphatic carbocycles. The van der Waals surface area contributed by atoms with Gasteiger partial charge in [-0.2, -0.15) is 0 Å². The van der Waals surface area contributed by atoms with Crippen molar-refractivity contribution in [3.63, 3.8) is 0 Å². The fraction of sp³-hybridized carbons (Fsp3) is 0.846. The highest BCUT2D eigenvalue weighted by molar-refractivity contribution is 4.96. The van der Waals surface area contributed by atoms with Crippen molar-refractivity contribution in [2.75, 3.05) is 26.4 Å². The Morgan fingerprint density at radius 2 is 2.47 bits per heavy atom. The van der Waals surface area contributed by atoms with Crippen LogP contribution in [0.1, 0.15) is 37.9 Å². The first-order valence-corrected chi connectivity index (χ1v) is 7.14. The zero-order valence-corrected chi connectivity index (χ0v) is 11.5. The minimum absolute atomic E-state index is 0.0727. The third kappa shape index (κ3) is 2.80. The van der Waals surface area contributed by atoms with E-state index in [1.807, 2.05) is 4.68 Å². The van der Waals surface area contributed by atoms with E-state index in [2.05, 4.69) is 28.7 Å². The summed E-state index contributed by atoms with van der Waals surface area (Å²) >= 11 is 0. The van der Waals surface area contributed by atoms with Crippen LogP contribution in [0.5, 0.6) is 0 Å². The number of ether oxygens (including phenoxy) is 2. The first-order valence-electron chi connectivity index (χ1n) is 7.14. The zero-order chi connectivity index (χ0) is 13.1. The minimum Gasteiger partial charge on any atom is -0.378 e. The van der Waals surface area contributed by atoms with Crippen LogP contribution in [-0.4, -0.2) is 47.0 Å².